The average Bonchev–Trinajstić information content (AvgIpc) is 2.46. The molecule has 0 spiro atoms. The van der Waals surface area contributed by atoms with Gasteiger partial charge in [0.25, 0.3) is 0 Å². The first-order valence-corrected chi connectivity index (χ1v) is 5.07. The van der Waals surface area contributed by atoms with Crippen LogP contribution in [0.1, 0.15) is 51.9 Å². The molecule has 0 unspecified atom stereocenters. The van der Waals surface area contributed by atoms with Crippen LogP contribution in [0.2, 0.25) is 0 Å². The van der Waals surface area contributed by atoms with Crippen LogP contribution in [0.4, 0.5) is 0 Å². The highest BCUT2D eigenvalue weighted by Gasteiger charge is 2.15. The largest absolute Gasteiger partial charge is 0.295 e. The molecule has 1 heteroatoms. The summed E-state index contributed by atoms with van der Waals surface area (Å²) in [6.07, 6.45) is 9.96. The molecular formula is C11H18O. The predicted molar refractivity (Wildman–Crippen MR) is 51.1 cm³/mol. The lowest BCUT2D eigenvalue weighted by Gasteiger charge is -1.95. The first-order valence-electron chi connectivity index (χ1n) is 5.07. The molecule has 0 amide bonds. The third-order valence-corrected chi connectivity index (χ3v) is 2.41. The van der Waals surface area contributed by atoms with Crippen molar-refractivity contribution in [2.24, 2.45) is 0 Å². The van der Waals surface area contributed by atoms with Crippen LogP contribution < -0.4 is 0 Å². The standard InChI is InChI=1S/C11H18O/c1-2-3-4-5-7-10-8-6-9-11(10)12/h7H,2-6,8-9H2,1H3. The van der Waals surface area contributed by atoms with Crippen molar-refractivity contribution in [2.75, 3.05) is 0 Å². The molecule has 0 aliphatic heterocycles. The third-order valence-electron chi connectivity index (χ3n) is 2.41. The van der Waals surface area contributed by atoms with E-state index in [9.17, 15) is 4.79 Å². The molecule has 1 saturated carbocycles. The van der Waals surface area contributed by atoms with Crippen molar-refractivity contribution < 1.29 is 4.79 Å². The van der Waals surface area contributed by atoms with Gasteiger partial charge < -0.3 is 0 Å². The Balaban J connectivity index is 2.22. The minimum absolute atomic E-state index is 0.395. The van der Waals surface area contributed by atoms with Crippen LogP contribution in [0.5, 0.6) is 0 Å². The van der Waals surface area contributed by atoms with Gasteiger partial charge in [0.05, 0.1) is 0 Å². The number of allylic oxidation sites excluding steroid dienone is 2. The summed E-state index contributed by atoms with van der Waals surface area (Å²) in [7, 11) is 0. The number of rotatable bonds is 4. The second-order valence-electron chi connectivity index (χ2n) is 3.50. The monoisotopic (exact) mass is 166 g/mol. The quantitative estimate of drug-likeness (QED) is 0.463. The van der Waals surface area contributed by atoms with Gasteiger partial charge in [0.15, 0.2) is 5.78 Å². The Bertz CT molecular complexity index is 179. The smallest absolute Gasteiger partial charge is 0.158 e. The Kier molecular flexibility index (Phi) is 4.06. The van der Waals surface area contributed by atoms with Crippen molar-refractivity contribution in [3.8, 4) is 0 Å². The number of carbonyl (C=O) groups is 1. The molecule has 1 aliphatic rings. The van der Waals surface area contributed by atoms with E-state index in [2.05, 4.69) is 13.0 Å². The predicted octanol–water partition coefficient (Wildman–Crippen LogP) is 3.25. The van der Waals surface area contributed by atoms with E-state index in [1.165, 1.54) is 19.3 Å². The lowest BCUT2D eigenvalue weighted by atomic mass is 10.1. The zero-order chi connectivity index (χ0) is 8.81. The van der Waals surface area contributed by atoms with Crippen LogP contribution in [0.25, 0.3) is 0 Å². The molecule has 0 atom stereocenters. The van der Waals surface area contributed by atoms with Crippen molar-refractivity contribution >= 4 is 5.78 Å². The van der Waals surface area contributed by atoms with E-state index in [0.717, 1.165) is 31.3 Å². The van der Waals surface area contributed by atoms with Gasteiger partial charge >= 0.3 is 0 Å². The average molecular weight is 166 g/mol. The fraction of sp³-hybridized carbons (Fsp3) is 0.727. The molecule has 1 aliphatic carbocycles. The first kappa shape index (κ1) is 9.50. The highest BCUT2D eigenvalue weighted by Crippen LogP contribution is 2.21. The fourth-order valence-corrected chi connectivity index (χ4v) is 1.63. The summed E-state index contributed by atoms with van der Waals surface area (Å²) in [5, 5.41) is 0. The molecule has 0 aromatic carbocycles. The molecule has 68 valence electrons. The van der Waals surface area contributed by atoms with E-state index < -0.39 is 0 Å². The Morgan fingerprint density at radius 2 is 2.17 bits per heavy atom. The maximum absolute atomic E-state index is 11.2. The zero-order valence-corrected chi connectivity index (χ0v) is 7.94. The number of hydrogen-bond acceptors (Lipinski definition) is 1. The number of carbonyl (C=O) groups excluding carboxylic acids is 1. The number of ketones is 1. The second-order valence-corrected chi connectivity index (χ2v) is 3.50. The summed E-state index contributed by atoms with van der Waals surface area (Å²) in [5.74, 6) is 0.395. The van der Waals surface area contributed by atoms with E-state index >= 15 is 0 Å². The van der Waals surface area contributed by atoms with E-state index in [4.69, 9.17) is 0 Å². The highest BCUT2D eigenvalue weighted by atomic mass is 16.1. The lowest BCUT2D eigenvalue weighted by molar-refractivity contribution is -0.114. The van der Waals surface area contributed by atoms with Crippen molar-refractivity contribution in [1.82, 2.24) is 0 Å². The highest BCUT2D eigenvalue weighted by molar-refractivity contribution is 5.97. The summed E-state index contributed by atoms with van der Waals surface area (Å²) >= 11 is 0. The maximum Gasteiger partial charge on any atom is 0.158 e. The molecule has 0 radical (unpaired) electrons. The summed E-state index contributed by atoms with van der Waals surface area (Å²) < 4.78 is 0. The fourth-order valence-electron chi connectivity index (χ4n) is 1.63. The van der Waals surface area contributed by atoms with Crippen molar-refractivity contribution in [1.29, 1.82) is 0 Å². The Morgan fingerprint density at radius 1 is 1.33 bits per heavy atom. The molecule has 0 heterocycles. The third kappa shape index (κ3) is 2.80. The molecule has 0 aromatic rings. The van der Waals surface area contributed by atoms with Gasteiger partial charge in [-0.05, 0) is 31.3 Å². The maximum atomic E-state index is 11.2. The molecule has 1 fully saturated rings. The summed E-state index contributed by atoms with van der Waals surface area (Å²) in [6.45, 7) is 2.20. The Labute approximate surface area is 74.9 Å². The van der Waals surface area contributed by atoms with Crippen molar-refractivity contribution in [2.45, 2.75) is 51.9 Å². The van der Waals surface area contributed by atoms with Crippen LogP contribution >= 0.6 is 0 Å². The minimum Gasteiger partial charge on any atom is -0.295 e. The zero-order valence-electron chi connectivity index (χ0n) is 7.94. The molecule has 0 saturated heterocycles. The van der Waals surface area contributed by atoms with Gasteiger partial charge in [-0.25, -0.2) is 0 Å². The topological polar surface area (TPSA) is 17.1 Å². The molecule has 0 aromatic heterocycles. The lowest BCUT2D eigenvalue weighted by Crippen LogP contribution is -1.90. The molecule has 0 bridgehead atoms. The Morgan fingerprint density at radius 3 is 2.75 bits per heavy atom. The van der Waals surface area contributed by atoms with Crippen LogP contribution in [0, 0.1) is 0 Å². The van der Waals surface area contributed by atoms with Crippen molar-refractivity contribution in [3.05, 3.63) is 11.6 Å². The SMILES string of the molecule is CCCCCC=C1CCCC1=O. The van der Waals surface area contributed by atoms with Gasteiger partial charge in [0.2, 0.25) is 0 Å². The van der Waals surface area contributed by atoms with Crippen molar-refractivity contribution in [3.63, 3.8) is 0 Å². The van der Waals surface area contributed by atoms with Crippen LogP contribution in [0.3, 0.4) is 0 Å². The number of Topliss-reactive ketones (excluding diaryl/α,β-unsaturated/α-hetero) is 1. The van der Waals surface area contributed by atoms with Gasteiger partial charge in [-0.2, -0.15) is 0 Å². The number of unbranched alkanes of at least 4 members (excludes halogenated alkanes) is 3. The van der Waals surface area contributed by atoms with E-state index in [1.807, 2.05) is 0 Å². The molecule has 1 rings (SSSR count). The van der Waals surface area contributed by atoms with Crippen LogP contribution in [-0.2, 0) is 4.79 Å². The van der Waals surface area contributed by atoms with Gasteiger partial charge in [-0.1, -0.05) is 25.8 Å². The van der Waals surface area contributed by atoms with Gasteiger partial charge in [-0.15, -0.1) is 0 Å². The molecule has 12 heavy (non-hydrogen) atoms. The van der Waals surface area contributed by atoms with Gasteiger partial charge in [-0.3, -0.25) is 4.79 Å². The first-order chi connectivity index (χ1) is 5.84. The van der Waals surface area contributed by atoms with E-state index in [0.29, 0.717) is 5.78 Å². The van der Waals surface area contributed by atoms with E-state index in [1.54, 1.807) is 0 Å². The van der Waals surface area contributed by atoms with Crippen LogP contribution in [0.15, 0.2) is 11.6 Å². The summed E-state index contributed by atoms with van der Waals surface area (Å²) in [4.78, 5) is 11.2. The summed E-state index contributed by atoms with van der Waals surface area (Å²) in [6, 6.07) is 0. The minimum atomic E-state index is 0.395. The normalized spacial score (nSPS) is 20.8. The molecule has 0 N–H and O–H groups in total. The Hall–Kier alpha value is -0.590. The van der Waals surface area contributed by atoms with E-state index in [-0.39, 0.29) is 0 Å². The van der Waals surface area contributed by atoms with Crippen LogP contribution in [-0.4, -0.2) is 5.78 Å². The molecular weight excluding hydrogens is 148 g/mol. The van der Waals surface area contributed by atoms with Gasteiger partial charge in [0, 0.05) is 6.42 Å². The second kappa shape index (κ2) is 5.13. The summed E-state index contributed by atoms with van der Waals surface area (Å²) in [5.41, 5.74) is 1.10. The van der Waals surface area contributed by atoms with Gasteiger partial charge in [0.1, 0.15) is 0 Å². The number of hydrogen-bond donors (Lipinski definition) is 0. The molecule has 1 nitrogen and oxygen atoms in total.